The summed E-state index contributed by atoms with van der Waals surface area (Å²) in [6.07, 6.45) is 5.11. The van der Waals surface area contributed by atoms with Crippen LogP contribution >= 0.6 is 23.2 Å². The van der Waals surface area contributed by atoms with Crippen LogP contribution in [0.2, 0.25) is 10.0 Å². The maximum Gasteiger partial charge on any atom is 0.0468 e. The molecule has 1 aromatic rings. The highest BCUT2D eigenvalue weighted by atomic mass is 35.5. The summed E-state index contributed by atoms with van der Waals surface area (Å²) in [5, 5.41) is 5.12. The maximum atomic E-state index is 6.30. The lowest BCUT2D eigenvalue weighted by molar-refractivity contribution is 0.231. The normalized spacial score (nSPS) is 17.8. The summed E-state index contributed by atoms with van der Waals surface area (Å²) in [7, 11) is 0. The summed E-state index contributed by atoms with van der Waals surface area (Å²) in [5.41, 5.74) is 1.20. The SMILES string of the molecule is CCCNC(c1ccc(Cl)cc1Cl)C1CCC1. The second kappa shape index (κ2) is 6.08. The third-order valence-electron chi connectivity index (χ3n) is 3.53. The van der Waals surface area contributed by atoms with Crippen LogP contribution in [0.25, 0.3) is 0 Å². The second-order valence-corrected chi connectivity index (χ2v) is 5.63. The Kier molecular flexibility index (Phi) is 4.72. The summed E-state index contributed by atoms with van der Waals surface area (Å²) in [4.78, 5) is 0. The molecule has 0 bridgehead atoms. The number of benzene rings is 1. The molecule has 1 aliphatic carbocycles. The molecule has 1 aliphatic rings. The molecule has 1 fully saturated rings. The molecule has 1 nitrogen and oxygen atoms in total. The summed E-state index contributed by atoms with van der Waals surface area (Å²) >= 11 is 12.3. The number of rotatable bonds is 5. The van der Waals surface area contributed by atoms with E-state index >= 15 is 0 Å². The molecule has 1 atom stereocenters. The van der Waals surface area contributed by atoms with Crippen molar-refractivity contribution in [3.8, 4) is 0 Å². The topological polar surface area (TPSA) is 12.0 Å². The Labute approximate surface area is 114 Å². The minimum absolute atomic E-state index is 0.397. The van der Waals surface area contributed by atoms with E-state index in [-0.39, 0.29) is 0 Å². The first-order valence-corrected chi connectivity index (χ1v) is 7.16. The molecule has 0 radical (unpaired) electrons. The molecule has 1 N–H and O–H groups in total. The minimum atomic E-state index is 0.397. The molecule has 94 valence electrons. The molecule has 1 unspecified atom stereocenters. The van der Waals surface area contributed by atoms with Crippen LogP contribution in [0.3, 0.4) is 0 Å². The third-order valence-corrected chi connectivity index (χ3v) is 4.10. The van der Waals surface area contributed by atoms with Gasteiger partial charge in [-0.2, -0.15) is 0 Å². The van der Waals surface area contributed by atoms with E-state index in [1.54, 1.807) is 0 Å². The Hall–Kier alpha value is -0.240. The van der Waals surface area contributed by atoms with Crippen molar-refractivity contribution in [2.75, 3.05) is 6.54 Å². The van der Waals surface area contributed by atoms with Gasteiger partial charge in [-0.15, -0.1) is 0 Å². The summed E-state index contributed by atoms with van der Waals surface area (Å²) < 4.78 is 0. The van der Waals surface area contributed by atoms with Crippen LogP contribution in [-0.2, 0) is 0 Å². The molecule has 0 amide bonds. The molecule has 17 heavy (non-hydrogen) atoms. The standard InChI is InChI=1S/C14H19Cl2N/c1-2-8-17-14(10-4-3-5-10)12-7-6-11(15)9-13(12)16/h6-7,9-10,14,17H,2-5,8H2,1H3. The Bertz CT molecular complexity index is 374. The van der Waals surface area contributed by atoms with Crippen LogP contribution < -0.4 is 5.32 Å². The number of nitrogens with one attached hydrogen (secondary N) is 1. The average Bonchev–Trinajstić information content (AvgIpc) is 2.22. The zero-order valence-corrected chi connectivity index (χ0v) is 11.7. The fourth-order valence-electron chi connectivity index (χ4n) is 2.36. The van der Waals surface area contributed by atoms with E-state index in [4.69, 9.17) is 23.2 Å². The van der Waals surface area contributed by atoms with Gasteiger partial charge in [0.1, 0.15) is 0 Å². The van der Waals surface area contributed by atoms with Crippen molar-refractivity contribution in [1.82, 2.24) is 5.32 Å². The van der Waals surface area contributed by atoms with Crippen molar-refractivity contribution in [2.45, 2.75) is 38.6 Å². The van der Waals surface area contributed by atoms with E-state index in [2.05, 4.69) is 18.3 Å². The van der Waals surface area contributed by atoms with Crippen LogP contribution in [0.15, 0.2) is 18.2 Å². The first-order valence-electron chi connectivity index (χ1n) is 6.40. The van der Waals surface area contributed by atoms with Crippen molar-refractivity contribution in [3.05, 3.63) is 33.8 Å². The van der Waals surface area contributed by atoms with Crippen molar-refractivity contribution in [1.29, 1.82) is 0 Å². The number of hydrogen-bond donors (Lipinski definition) is 1. The van der Waals surface area contributed by atoms with Gasteiger partial charge in [-0.05, 0) is 49.4 Å². The first-order chi connectivity index (χ1) is 8.22. The third kappa shape index (κ3) is 3.15. The van der Waals surface area contributed by atoms with Crippen LogP contribution in [-0.4, -0.2) is 6.54 Å². The minimum Gasteiger partial charge on any atom is -0.310 e. The van der Waals surface area contributed by atoms with Crippen molar-refractivity contribution >= 4 is 23.2 Å². The molecule has 0 aromatic heterocycles. The Balaban J connectivity index is 2.17. The fourth-order valence-corrected chi connectivity index (χ4v) is 2.88. The molecule has 0 aliphatic heterocycles. The van der Waals surface area contributed by atoms with Crippen molar-refractivity contribution in [2.24, 2.45) is 5.92 Å². The van der Waals surface area contributed by atoms with E-state index in [9.17, 15) is 0 Å². The van der Waals surface area contributed by atoms with Gasteiger partial charge in [0.05, 0.1) is 0 Å². The molecular formula is C14H19Cl2N. The lowest BCUT2D eigenvalue weighted by Crippen LogP contribution is -2.32. The van der Waals surface area contributed by atoms with Gasteiger partial charge < -0.3 is 5.32 Å². The maximum absolute atomic E-state index is 6.30. The highest BCUT2D eigenvalue weighted by Crippen LogP contribution is 2.40. The molecule has 2 rings (SSSR count). The largest absolute Gasteiger partial charge is 0.310 e. The van der Waals surface area contributed by atoms with Gasteiger partial charge in [0.15, 0.2) is 0 Å². The summed E-state index contributed by atoms with van der Waals surface area (Å²) in [6.45, 7) is 3.23. The van der Waals surface area contributed by atoms with E-state index in [0.717, 1.165) is 23.9 Å². The average molecular weight is 272 g/mol. The van der Waals surface area contributed by atoms with Gasteiger partial charge in [-0.25, -0.2) is 0 Å². The predicted octanol–water partition coefficient (Wildman–Crippen LogP) is 4.83. The Morgan fingerprint density at radius 1 is 1.35 bits per heavy atom. The summed E-state index contributed by atoms with van der Waals surface area (Å²) in [6, 6.07) is 6.24. The highest BCUT2D eigenvalue weighted by molar-refractivity contribution is 6.35. The lowest BCUT2D eigenvalue weighted by atomic mass is 9.77. The smallest absolute Gasteiger partial charge is 0.0468 e. The Morgan fingerprint density at radius 3 is 2.65 bits per heavy atom. The van der Waals surface area contributed by atoms with E-state index in [1.165, 1.54) is 24.8 Å². The quantitative estimate of drug-likeness (QED) is 0.809. The lowest BCUT2D eigenvalue weighted by Gasteiger charge is -2.35. The molecule has 0 spiro atoms. The van der Waals surface area contributed by atoms with E-state index in [0.29, 0.717) is 11.1 Å². The van der Waals surface area contributed by atoms with Gasteiger partial charge in [-0.3, -0.25) is 0 Å². The monoisotopic (exact) mass is 271 g/mol. The molecule has 0 saturated heterocycles. The van der Waals surface area contributed by atoms with Crippen LogP contribution in [0.5, 0.6) is 0 Å². The molecule has 0 heterocycles. The van der Waals surface area contributed by atoms with Gasteiger partial charge >= 0.3 is 0 Å². The zero-order chi connectivity index (χ0) is 12.3. The molecular weight excluding hydrogens is 253 g/mol. The highest BCUT2D eigenvalue weighted by Gasteiger charge is 2.29. The van der Waals surface area contributed by atoms with E-state index < -0.39 is 0 Å². The van der Waals surface area contributed by atoms with Gasteiger partial charge in [0.2, 0.25) is 0 Å². The number of hydrogen-bond acceptors (Lipinski definition) is 1. The number of halogens is 2. The van der Waals surface area contributed by atoms with Gasteiger partial charge in [-0.1, -0.05) is 42.6 Å². The molecule has 3 heteroatoms. The predicted molar refractivity (Wildman–Crippen MR) is 74.8 cm³/mol. The van der Waals surface area contributed by atoms with Crippen LogP contribution in [0, 0.1) is 5.92 Å². The first kappa shape index (κ1) is 13.2. The molecule has 1 aromatic carbocycles. The van der Waals surface area contributed by atoms with Crippen LogP contribution in [0.4, 0.5) is 0 Å². The van der Waals surface area contributed by atoms with Gasteiger partial charge in [0, 0.05) is 16.1 Å². The van der Waals surface area contributed by atoms with Crippen LogP contribution in [0.1, 0.15) is 44.2 Å². The fraction of sp³-hybridized carbons (Fsp3) is 0.571. The summed E-state index contributed by atoms with van der Waals surface area (Å²) in [5.74, 6) is 0.736. The van der Waals surface area contributed by atoms with Crippen molar-refractivity contribution < 1.29 is 0 Å². The second-order valence-electron chi connectivity index (χ2n) is 4.79. The zero-order valence-electron chi connectivity index (χ0n) is 10.2. The van der Waals surface area contributed by atoms with Gasteiger partial charge in [0.25, 0.3) is 0 Å². The van der Waals surface area contributed by atoms with E-state index in [1.807, 2.05) is 12.1 Å². The molecule has 1 saturated carbocycles. The Morgan fingerprint density at radius 2 is 2.12 bits per heavy atom. The van der Waals surface area contributed by atoms with Crippen molar-refractivity contribution in [3.63, 3.8) is 0 Å².